The smallest absolute Gasteiger partial charge is 0.0791 e. The summed E-state index contributed by atoms with van der Waals surface area (Å²) in [6.07, 6.45) is 4.99. The second-order valence-corrected chi connectivity index (χ2v) is 6.33. The third-order valence-electron chi connectivity index (χ3n) is 4.47. The average molecular weight is 256 g/mol. The van der Waals surface area contributed by atoms with E-state index in [9.17, 15) is 5.11 Å². The van der Waals surface area contributed by atoms with Gasteiger partial charge in [-0.25, -0.2) is 0 Å². The van der Waals surface area contributed by atoms with E-state index in [0.29, 0.717) is 11.5 Å². The van der Waals surface area contributed by atoms with Gasteiger partial charge in [-0.2, -0.15) is 0 Å². The van der Waals surface area contributed by atoms with Crippen LogP contribution in [0.2, 0.25) is 0 Å². The highest BCUT2D eigenvalue weighted by atomic mass is 16.3. The molecule has 3 heteroatoms. The molecule has 1 saturated carbocycles. The second kappa shape index (κ2) is 7.46. The summed E-state index contributed by atoms with van der Waals surface area (Å²) in [5, 5.41) is 13.7. The molecule has 0 aromatic heterocycles. The Morgan fingerprint density at radius 2 is 1.94 bits per heavy atom. The van der Waals surface area contributed by atoms with Gasteiger partial charge in [0.1, 0.15) is 0 Å². The fourth-order valence-electron chi connectivity index (χ4n) is 3.00. The van der Waals surface area contributed by atoms with Crippen LogP contribution in [0.3, 0.4) is 0 Å². The van der Waals surface area contributed by atoms with Crippen LogP contribution in [0.1, 0.15) is 53.4 Å². The topological polar surface area (TPSA) is 35.5 Å². The molecule has 1 aliphatic rings. The fraction of sp³-hybridized carbons (Fsp3) is 1.00. The lowest BCUT2D eigenvalue weighted by Crippen LogP contribution is -2.48. The fourth-order valence-corrected chi connectivity index (χ4v) is 3.00. The van der Waals surface area contributed by atoms with Crippen molar-refractivity contribution in [3.63, 3.8) is 0 Å². The Kier molecular flexibility index (Phi) is 6.61. The van der Waals surface area contributed by atoms with Gasteiger partial charge in [0, 0.05) is 19.1 Å². The van der Waals surface area contributed by atoms with Crippen LogP contribution in [0, 0.1) is 5.41 Å². The SMILES string of the molecule is CCN(CC)CC(O)CNC1CCCCC1(C)C. The highest BCUT2D eigenvalue weighted by Gasteiger charge is 2.31. The van der Waals surface area contributed by atoms with E-state index in [1.807, 2.05) is 0 Å². The van der Waals surface area contributed by atoms with Crippen LogP contribution in [0.15, 0.2) is 0 Å². The molecule has 2 unspecified atom stereocenters. The van der Waals surface area contributed by atoms with Crippen molar-refractivity contribution in [3.05, 3.63) is 0 Å². The van der Waals surface area contributed by atoms with Crippen LogP contribution in [0.25, 0.3) is 0 Å². The summed E-state index contributed by atoms with van der Waals surface area (Å²) >= 11 is 0. The molecule has 1 fully saturated rings. The molecule has 108 valence electrons. The van der Waals surface area contributed by atoms with E-state index in [0.717, 1.165) is 26.2 Å². The van der Waals surface area contributed by atoms with Gasteiger partial charge in [-0.15, -0.1) is 0 Å². The molecule has 0 aromatic carbocycles. The predicted octanol–water partition coefficient (Wildman–Crippen LogP) is 2.25. The van der Waals surface area contributed by atoms with Crippen molar-refractivity contribution in [3.8, 4) is 0 Å². The number of aliphatic hydroxyl groups excluding tert-OH is 1. The zero-order valence-electron chi connectivity index (χ0n) is 12.7. The van der Waals surface area contributed by atoms with E-state index in [-0.39, 0.29) is 6.10 Å². The van der Waals surface area contributed by atoms with Gasteiger partial charge in [0.15, 0.2) is 0 Å². The van der Waals surface area contributed by atoms with Gasteiger partial charge < -0.3 is 15.3 Å². The normalized spacial score (nSPS) is 25.3. The Labute approximate surface area is 113 Å². The lowest BCUT2D eigenvalue weighted by atomic mass is 9.73. The Morgan fingerprint density at radius 3 is 2.50 bits per heavy atom. The molecule has 1 aliphatic carbocycles. The van der Waals surface area contributed by atoms with E-state index in [1.165, 1.54) is 25.7 Å². The molecule has 0 saturated heterocycles. The number of aliphatic hydroxyl groups is 1. The van der Waals surface area contributed by atoms with Crippen molar-refractivity contribution in [1.29, 1.82) is 0 Å². The summed E-state index contributed by atoms with van der Waals surface area (Å²) in [5.41, 5.74) is 0.382. The molecule has 0 amide bonds. The van der Waals surface area contributed by atoms with Crippen LogP contribution in [0.4, 0.5) is 0 Å². The number of nitrogens with zero attached hydrogens (tertiary/aromatic N) is 1. The molecule has 0 bridgehead atoms. The van der Waals surface area contributed by atoms with Crippen LogP contribution < -0.4 is 5.32 Å². The lowest BCUT2D eigenvalue weighted by molar-refractivity contribution is 0.0960. The minimum atomic E-state index is -0.248. The maximum Gasteiger partial charge on any atom is 0.0791 e. The zero-order chi connectivity index (χ0) is 13.6. The molecule has 0 radical (unpaired) electrons. The van der Waals surface area contributed by atoms with Crippen LogP contribution >= 0.6 is 0 Å². The number of hydrogen-bond acceptors (Lipinski definition) is 3. The molecule has 0 aromatic rings. The third-order valence-corrected chi connectivity index (χ3v) is 4.47. The van der Waals surface area contributed by atoms with Crippen LogP contribution in [-0.2, 0) is 0 Å². The molecule has 0 heterocycles. The highest BCUT2D eigenvalue weighted by Crippen LogP contribution is 2.35. The van der Waals surface area contributed by atoms with Gasteiger partial charge in [0.2, 0.25) is 0 Å². The van der Waals surface area contributed by atoms with Crippen molar-refractivity contribution in [2.45, 2.75) is 65.5 Å². The highest BCUT2D eigenvalue weighted by molar-refractivity contribution is 4.88. The van der Waals surface area contributed by atoms with E-state index >= 15 is 0 Å². The first-order valence-electron chi connectivity index (χ1n) is 7.63. The molecule has 2 N–H and O–H groups in total. The van der Waals surface area contributed by atoms with Crippen molar-refractivity contribution in [2.24, 2.45) is 5.41 Å². The second-order valence-electron chi connectivity index (χ2n) is 6.33. The van der Waals surface area contributed by atoms with Crippen molar-refractivity contribution >= 4 is 0 Å². The average Bonchev–Trinajstić information content (AvgIpc) is 2.34. The van der Waals surface area contributed by atoms with Gasteiger partial charge in [-0.05, 0) is 31.3 Å². The first kappa shape index (κ1) is 15.9. The summed E-state index contributed by atoms with van der Waals surface area (Å²) in [4.78, 5) is 2.28. The first-order chi connectivity index (χ1) is 8.49. The maximum absolute atomic E-state index is 10.1. The quantitative estimate of drug-likeness (QED) is 0.733. The minimum absolute atomic E-state index is 0.248. The van der Waals surface area contributed by atoms with Gasteiger partial charge in [0.25, 0.3) is 0 Å². The van der Waals surface area contributed by atoms with Gasteiger partial charge in [-0.3, -0.25) is 0 Å². The molecule has 18 heavy (non-hydrogen) atoms. The van der Waals surface area contributed by atoms with Gasteiger partial charge in [-0.1, -0.05) is 40.5 Å². The standard InChI is InChI=1S/C15H32N2O/c1-5-17(6-2)12-13(18)11-16-14-9-7-8-10-15(14,3)4/h13-14,16,18H,5-12H2,1-4H3. The van der Waals surface area contributed by atoms with Crippen LogP contribution in [0.5, 0.6) is 0 Å². The number of hydrogen-bond donors (Lipinski definition) is 2. The lowest BCUT2D eigenvalue weighted by Gasteiger charge is -2.39. The molecule has 0 aliphatic heterocycles. The summed E-state index contributed by atoms with van der Waals surface area (Å²) in [6, 6.07) is 0.567. The van der Waals surface area contributed by atoms with E-state index < -0.39 is 0 Å². The summed E-state index contributed by atoms with van der Waals surface area (Å²) in [6.45, 7) is 12.5. The number of likely N-dealkylation sites (N-methyl/N-ethyl adjacent to an activating group) is 1. The molecule has 2 atom stereocenters. The van der Waals surface area contributed by atoms with E-state index in [4.69, 9.17) is 0 Å². The summed E-state index contributed by atoms with van der Waals surface area (Å²) in [5.74, 6) is 0. The predicted molar refractivity (Wildman–Crippen MR) is 77.8 cm³/mol. The van der Waals surface area contributed by atoms with Gasteiger partial charge in [0.05, 0.1) is 6.10 Å². The Balaban J connectivity index is 2.30. The maximum atomic E-state index is 10.1. The summed E-state index contributed by atoms with van der Waals surface area (Å²) < 4.78 is 0. The van der Waals surface area contributed by atoms with Gasteiger partial charge >= 0.3 is 0 Å². The van der Waals surface area contributed by atoms with E-state index in [2.05, 4.69) is 37.9 Å². The van der Waals surface area contributed by atoms with Crippen molar-refractivity contribution < 1.29 is 5.11 Å². The van der Waals surface area contributed by atoms with Crippen LogP contribution in [-0.4, -0.2) is 48.3 Å². The largest absolute Gasteiger partial charge is 0.390 e. The molecule has 3 nitrogen and oxygen atoms in total. The molecule has 1 rings (SSSR count). The minimum Gasteiger partial charge on any atom is -0.390 e. The monoisotopic (exact) mass is 256 g/mol. The third kappa shape index (κ3) is 4.87. The van der Waals surface area contributed by atoms with Crippen molar-refractivity contribution in [1.82, 2.24) is 10.2 Å². The Morgan fingerprint density at radius 1 is 1.28 bits per heavy atom. The zero-order valence-corrected chi connectivity index (χ0v) is 12.7. The van der Waals surface area contributed by atoms with Crippen molar-refractivity contribution in [2.75, 3.05) is 26.2 Å². The van der Waals surface area contributed by atoms with E-state index in [1.54, 1.807) is 0 Å². The number of nitrogens with one attached hydrogen (secondary N) is 1. The first-order valence-corrected chi connectivity index (χ1v) is 7.63. The molecule has 0 spiro atoms. The Hall–Kier alpha value is -0.120. The molecular weight excluding hydrogens is 224 g/mol. The number of rotatable bonds is 7. The summed E-state index contributed by atoms with van der Waals surface area (Å²) in [7, 11) is 0. The Bertz CT molecular complexity index is 227. The molecular formula is C15H32N2O.